The van der Waals surface area contributed by atoms with Gasteiger partial charge in [-0.2, -0.15) is 0 Å². The third-order valence-corrected chi connectivity index (χ3v) is 4.87. The molecule has 4 rings (SSSR count). The maximum Gasteiger partial charge on any atom is 0.573 e. The quantitative estimate of drug-likeness (QED) is 0.741. The molecular weight excluding hydrogens is 393 g/mol. The molecule has 0 aliphatic carbocycles. The summed E-state index contributed by atoms with van der Waals surface area (Å²) in [7, 11) is 0. The molecule has 2 aliphatic heterocycles. The lowest BCUT2D eigenvalue weighted by molar-refractivity contribution is -0.274. The van der Waals surface area contributed by atoms with Gasteiger partial charge >= 0.3 is 6.36 Å². The Morgan fingerprint density at radius 1 is 1.11 bits per heavy atom. The van der Waals surface area contributed by atoms with E-state index in [9.17, 15) is 13.2 Å². The van der Waals surface area contributed by atoms with E-state index in [4.69, 9.17) is 11.6 Å². The third kappa shape index (κ3) is 3.91. The Balaban J connectivity index is 1.58. The van der Waals surface area contributed by atoms with E-state index in [1.165, 1.54) is 12.1 Å². The number of benzene rings is 1. The van der Waals surface area contributed by atoms with Gasteiger partial charge in [0.1, 0.15) is 18.2 Å². The van der Waals surface area contributed by atoms with E-state index in [1.807, 2.05) is 11.1 Å². The van der Waals surface area contributed by atoms with E-state index >= 15 is 0 Å². The molecule has 0 atom stereocenters. The normalized spacial score (nSPS) is 17.0. The molecule has 0 radical (unpaired) electrons. The second kappa shape index (κ2) is 7.35. The number of alkyl halides is 3. The minimum Gasteiger partial charge on any atom is -0.406 e. The Labute approximate surface area is 164 Å². The minimum atomic E-state index is -4.71. The summed E-state index contributed by atoms with van der Waals surface area (Å²) >= 11 is 6.29. The van der Waals surface area contributed by atoms with Crippen molar-refractivity contribution < 1.29 is 17.9 Å². The van der Waals surface area contributed by atoms with Crippen LogP contribution in [-0.2, 0) is 0 Å². The maximum atomic E-state index is 12.4. The maximum absolute atomic E-state index is 12.4. The monoisotopic (exact) mass is 408 g/mol. The van der Waals surface area contributed by atoms with Gasteiger partial charge in [0.15, 0.2) is 0 Å². The van der Waals surface area contributed by atoms with Crippen LogP contribution in [0.4, 0.5) is 24.7 Å². The fraction of sp³-hybridized carbons (Fsp3) is 0.263. The van der Waals surface area contributed by atoms with Crippen LogP contribution in [0.25, 0.3) is 0 Å². The zero-order valence-corrected chi connectivity index (χ0v) is 15.4. The largest absolute Gasteiger partial charge is 0.573 e. The van der Waals surface area contributed by atoms with E-state index < -0.39 is 6.36 Å². The number of nitrogens with zero attached hydrogens (tertiary/aromatic N) is 4. The van der Waals surface area contributed by atoms with Crippen LogP contribution < -0.4 is 14.5 Å². The predicted molar refractivity (Wildman–Crippen MR) is 102 cm³/mol. The molecule has 1 aromatic carbocycles. The number of aliphatic imine (C=N–C) groups is 1. The average molecular weight is 409 g/mol. The fourth-order valence-electron chi connectivity index (χ4n) is 3.33. The van der Waals surface area contributed by atoms with E-state index in [2.05, 4.69) is 19.6 Å². The summed E-state index contributed by atoms with van der Waals surface area (Å²) in [5.74, 6) is 0.462. The zero-order valence-electron chi connectivity index (χ0n) is 14.7. The van der Waals surface area contributed by atoms with E-state index in [0.717, 1.165) is 29.9 Å². The molecule has 146 valence electrons. The van der Waals surface area contributed by atoms with E-state index in [1.54, 1.807) is 30.5 Å². The lowest BCUT2D eigenvalue weighted by Crippen LogP contribution is -2.41. The third-order valence-electron chi connectivity index (χ3n) is 4.58. The van der Waals surface area contributed by atoms with Crippen molar-refractivity contribution in [3.05, 3.63) is 58.9 Å². The average Bonchev–Trinajstić information content (AvgIpc) is 2.67. The zero-order chi connectivity index (χ0) is 19.7. The molecule has 0 amide bonds. The van der Waals surface area contributed by atoms with Crippen molar-refractivity contribution in [2.75, 3.05) is 29.6 Å². The van der Waals surface area contributed by atoms with Crippen molar-refractivity contribution >= 4 is 29.3 Å². The van der Waals surface area contributed by atoms with E-state index in [-0.39, 0.29) is 5.75 Å². The van der Waals surface area contributed by atoms with Gasteiger partial charge in [0.2, 0.25) is 0 Å². The molecule has 0 bridgehead atoms. The van der Waals surface area contributed by atoms with Crippen LogP contribution in [0.1, 0.15) is 6.42 Å². The van der Waals surface area contributed by atoms with Gasteiger partial charge in [-0.3, -0.25) is 4.99 Å². The summed E-state index contributed by atoms with van der Waals surface area (Å²) in [5, 5.41) is 0.580. The van der Waals surface area contributed by atoms with Gasteiger partial charge in [-0.05, 0) is 48.4 Å². The highest BCUT2D eigenvalue weighted by Gasteiger charge is 2.31. The number of hydrogen-bond donors (Lipinski definition) is 0. The number of anilines is 2. The highest BCUT2D eigenvalue weighted by Crippen LogP contribution is 2.33. The molecule has 9 heteroatoms. The minimum absolute atomic E-state index is 0.253. The summed E-state index contributed by atoms with van der Waals surface area (Å²) in [6, 6.07) is 9.38. The first-order chi connectivity index (χ1) is 13.4. The molecule has 2 aliphatic rings. The molecule has 5 nitrogen and oxygen atoms in total. The Kier molecular flexibility index (Phi) is 4.89. The molecule has 28 heavy (non-hydrogen) atoms. The standard InChI is InChI=1S/C19H16ClF3N4O/c20-16-2-1-8-25-18(16)26-9-7-13-10-24-12-27(17(13)11-26)14-3-5-15(6-4-14)28-19(21,22)23/h1-6,8,10H,7,9,11-12H2. The summed E-state index contributed by atoms with van der Waals surface area (Å²) in [4.78, 5) is 12.8. The van der Waals surface area contributed by atoms with Crippen LogP contribution in [-0.4, -0.2) is 37.3 Å². The van der Waals surface area contributed by atoms with Crippen LogP contribution >= 0.6 is 11.6 Å². The SMILES string of the molecule is FC(F)(F)Oc1ccc(N2CN=CC3=C2CN(c2ncccc2Cl)CC3)cc1. The van der Waals surface area contributed by atoms with Gasteiger partial charge in [0, 0.05) is 30.3 Å². The van der Waals surface area contributed by atoms with Gasteiger partial charge in [-0.15, -0.1) is 13.2 Å². The second-order valence-electron chi connectivity index (χ2n) is 6.38. The Morgan fingerprint density at radius 3 is 2.61 bits per heavy atom. The number of aromatic nitrogens is 1. The topological polar surface area (TPSA) is 41.0 Å². The van der Waals surface area contributed by atoms with Crippen LogP contribution in [0, 0.1) is 0 Å². The first-order valence-corrected chi connectivity index (χ1v) is 8.99. The van der Waals surface area contributed by atoms with Gasteiger partial charge in [0.25, 0.3) is 0 Å². The predicted octanol–water partition coefficient (Wildman–Crippen LogP) is 4.65. The highest BCUT2D eigenvalue weighted by atomic mass is 35.5. The number of rotatable bonds is 3. The molecule has 0 saturated carbocycles. The molecule has 0 saturated heterocycles. The first-order valence-electron chi connectivity index (χ1n) is 8.61. The van der Waals surface area contributed by atoms with E-state index in [0.29, 0.717) is 24.1 Å². The number of ether oxygens (including phenoxy) is 1. The van der Waals surface area contributed by atoms with Crippen molar-refractivity contribution in [3.8, 4) is 5.75 Å². The van der Waals surface area contributed by atoms with Crippen molar-refractivity contribution in [1.82, 2.24) is 4.98 Å². The van der Waals surface area contributed by atoms with Gasteiger partial charge in [-0.25, -0.2) is 4.98 Å². The summed E-state index contributed by atoms with van der Waals surface area (Å²) in [6.45, 7) is 1.73. The molecule has 3 heterocycles. The second-order valence-corrected chi connectivity index (χ2v) is 6.78. The summed E-state index contributed by atoms with van der Waals surface area (Å²) in [6.07, 6.45) is -0.370. The number of hydrogen-bond acceptors (Lipinski definition) is 5. The molecule has 1 aromatic heterocycles. The Morgan fingerprint density at radius 2 is 1.89 bits per heavy atom. The van der Waals surface area contributed by atoms with Crippen LogP contribution in [0.15, 0.2) is 58.9 Å². The van der Waals surface area contributed by atoms with Crippen molar-refractivity contribution in [3.63, 3.8) is 0 Å². The lowest BCUT2D eigenvalue weighted by Gasteiger charge is -2.38. The van der Waals surface area contributed by atoms with Crippen LogP contribution in [0.2, 0.25) is 5.02 Å². The molecule has 0 fully saturated rings. The molecule has 2 aromatic rings. The smallest absolute Gasteiger partial charge is 0.406 e. The van der Waals surface area contributed by atoms with Gasteiger partial charge < -0.3 is 14.5 Å². The Hall–Kier alpha value is -2.74. The van der Waals surface area contributed by atoms with Crippen LogP contribution in [0.3, 0.4) is 0 Å². The number of halogens is 4. The van der Waals surface area contributed by atoms with Crippen molar-refractivity contribution in [1.29, 1.82) is 0 Å². The van der Waals surface area contributed by atoms with Crippen molar-refractivity contribution in [2.45, 2.75) is 12.8 Å². The molecule has 0 unspecified atom stereocenters. The summed E-state index contributed by atoms with van der Waals surface area (Å²) < 4.78 is 41.1. The molecule has 0 N–H and O–H groups in total. The first kappa shape index (κ1) is 18.6. The van der Waals surface area contributed by atoms with Gasteiger partial charge in [0.05, 0.1) is 11.6 Å². The van der Waals surface area contributed by atoms with Crippen LogP contribution in [0.5, 0.6) is 5.75 Å². The number of pyridine rings is 1. The molecule has 0 spiro atoms. The Bertz CT molecular complexity index is 928. The van der Waals surface area contributed by atoms with Crippen molar-refractivity contribution in [2.24, 2.45) is 4.99 Å². The fourth-order valence-corrected chi connectivity index (χ4v) is 3.57. The lowest BCUT2D eigenvalue weighted by atomic mass is 10.0. The highest BCUT2D eigenvalue weighted by molar-refractivity contribution is 6.32. The molecular formula is C19H16ClF3N4O. The summed E-state index contributed by atoms with van der Waals surface area (Å²) in [5.41, 5.74) is 2.88. The van der Waals surface area contributed by atoms with Gasteiger partial charge in [-0.1, -0.05) is 11.6 Å².